The lowest BCUT2D eigenvalue weighted by atomic mass is 10.2. The van der Waals surface area contributed by atoms with Crippen molar-refractivity contribution in [3.05, 3.63) is 40.9 Å². The Morgan fingerprint density at radius 3 is 2.19 bits per heavy atom. The fourth-order valence-corrected chi connectivity index (χ4v) is 3.26. The van der Waals surface area contributed by atoms with Crippen LogP contribution in [0.25, 0.3) is 5.31 Å². The number of halogens is 1. The molecule has 0 amide bonds. The van der Waals surface area contributed by atoms with Gasteiger partial charge >= 0.3 is 0 Å². The average molecular weight is 303 g/mol. The van der Waals surface area contributed by atoms with Crippen molar-refractivity contribution in [3.8, 4) is 0 Å². The van der Waals surface area contributed by atoms with Gasteiger partial charge in [0.05, 0.1) is 13.2 Å². The molecule has 0 radical (unpaired) electrons. The molecule has 88 valence electrons. The zero-order chi connectivity index (χ0) is 11.8. The van der Waals surface area contributed by atoms with Gasteiger partial charge in [0.1, 0.15) is 0 Å². The van der Waals surface area contributed by atoms with Crippen LogP contribution in [-0.4, -0.2) is 13.2 Å². The zero-order valence-corrected chi connectivity index (χ0v) is 12.0. The van der Waals surface area contributed by atoms with Crippen LogP contribution in [0.2, 0.25) is 0 Å². The van der Waals surface area contributed by atoms with Crippen molar-refractivity contribution in [1.82, 2.24) is 0 Å². The van der Waals surface area contributed by atoms with Gasteiger partial charge in [-0.1, -0.05) is 46.3 Å². The van der Waals surface area contributed by atoms with Crippen molar-refractivity contribution in [3.63, 3.8) is 0 Å². The summed E-state index contributed by atoms with van der Waals surface area (Å²) in [6.45, 7) is 5.27. The minimum Gasteiger partial charge on any atom is -0.331 e. The maximum Gasteiger partial charge on any atom is 0.206 e. The second-order valence-corrected chi connectivity index (χ2v) is 4.92. The molecule has 0 fully saturated rings. The van der Waals surface area contributed by atoms with E-state index in [0.717, 1.165) is 10.9 Å². The molecular formula is C12H16BrO2P. The van der Waals surface area contributed by atoms with Crippen molar-refractivity contribution in [1.29, 1.82) is 0 Å². The van der Waals surface area contributed by atoms with E-state index in [0.29, 0.717) is 13.2 Å². The normalized spacial score (nSPS) is 12.1. The lowest BCUT2D eigenvalue weighted by molar-refractivity contribution is 0.278. The Balaban J connectivity index is 2.87. The molecule has 0 aromatic heterocycles. The average Bonchev–Trinajstić information content (AvgIpc) is 2.32. The molecule has 1 aromatic carbocycles. The first kappa shape index (κ1) is 13.9. The Morgan fingerprint density at radius 2 is 1.75 bits per heavy atom. The number of hydrogen-bond donors (Lipinski definition) is 0. The fraction of sp³-hybridized carbons (Fsp3) is 0.333. The summed E-state index contributed by atoms with van der Waals surface area (Å²) < 4.78 is 11.3. The van der Waals surface area contributed by atoms with Gasteiger partial charge in [-0.25, -0.2) is 0 Å². The maximum atomic E-state index is 5.63. The van der Waals surface area contributed by atoms with Crippen LogP contribution >= 0.6 is 24.3 Å². The molecular weight excluding hydrogens is 287 g/mol. The van der Waals surface area contributed by atoms with E-state index in [-0.39, 0.29) is 0 Å². The molecule has 0 saturated heterocycles. The summed E-state index contributed by atoms with van der Waals surface area (Å²) in [6, 6.07) is 10.1. The highest BCUT2D eigenvalue weighted by molar-refractivity contribution is 9.11. The van der Waals surface area contributed by atoms with Crippen LogP contribution in [0, 0.1) is 0 Å². The van der Waals surface area contributed by atoms with E-state index in [2.05, 4.69) is 28.1 Å². The molecule has 0 unspecified atom stereocenters. The van der Waals surface area contributed by atoms with Crippen LogP contribution in [0.4, 0.5) is 0 Å². The van der Waals surface area contributed by atoms with Crippen molar-refractivity contribution < 1.29 is 9.05 Å². The third-order valence-corrected chi connectivity index (χ3v) is 4.44. The SMILES string of the molecule is CCOP(OCC)C(=CBr)c1ccccc1. The Kier molecular flexibility index (Phi) is 6.90. The number of benzene rings is 1. The van der Waals surface area contributed by atoms with Gasteiger partial charge in [-0.3, -0.25) is 0 Å². The Bertz CT molecular complexity index is 321. The molecule has 2 nitrogen and oxygen atoms in total. The van der Waals surface area contributed by atoms with Gasteiger partial charge < -0.3 is 9.05 Å². The molecule has 0 aliphatic carbocycles. The standard InChI is InChI=1S/C12H16BrO2P/c1-3-14-16(15-4-2)12(10-13)11-8-6-5-7-9-11/h5-10H,3-4H2,1-2H3. The summed E-state index contributed by atoms with van der Waals surface area (Å²) in [5.74, 6) is 0. The maximum absolute atomic E-state index is 5.63. The van der Waals surface area contributed by atoms with E-state index in [9.17, 15) is 0 Å². The molecule has 0 bridgehead atoms. The molecule has 0 aliphatic heterocycles. The van der Waals surface area contributed by atoms with E-state index >= 15 is 0 Å². The molecule has 0 N–H and O–H groups in total. The summed E-state index contributed by atoms with van der Waals surface area (Å²) >= 11 is 3.39. The topological polar surface area (TPSA) is 18.5 Å². The van der Waals surface area contributed by atoms with Crippen molar-refractivity contribution in [2.24, 2.45) is 0 Å². The number of rotatable bonds is 6. The van der Waals surface area contributed by atoms with Gasteiger partial charge in [0.25, 0.3) is 0 Å². The predicted octanol–water partition coefficient (Wildman–Crippen LogP) is 4.76. The highest BCUT2D eigenvalue weighted by Gasteiger charge is 2.17. The van der Waals surface area contributed by atoms with Gasteiger partial charge in [0.2, 0.25) is 8.38 Å². The van der Waals surface area contributed by atoms with E-state index < -0.39 is 8.38 Å². The molecule has 0 atom stereocenters. The van der Waals surface area contributed by atoms with E-state index in [1.54, 1.807) is 0 Å². The molecule has 4 heteroatoms. The van der Waals surface area contributed by atoms with E-state index in [1.807, 2.05) is 37.0 Å². The lowest BCUT2D eigenvalue weighted by Crippen LogP contribution is -1.93. The van der Waals surface area contributed by atoms with E-state index in [4.69, 9.17) is 9.05 Å². The van der Waals surface area contributed by atoms with Gasteiger partial charge in [0.15, 0.2) is 0 Å². The number of hydrogen-bond acceptors (Lipinski definition) is 2. The largest absolute Gasteiger partial charge is 0.331 e. The Hall–Kier alpha value is -0.210. The Labute approximate surface area is 107 Å². The van der Waals surface area contributed by atoms with Crippen molar-refractivity contribution in [2.45, 2.75) is 13.8 Å². The van der Waals surface area contributed by atoms with Crippen molar-refractivity contribution >= 4 is 29.6 Å². The smallest absolute Gasteiger partial charge is 0.206 e. The van der Waals surface area contributed by atoms with Crippen LogP contribution in [-0.2, 0) is 9.05 Å². The predicted molar refractivity (Wildman–Crippen MR) is 73.5 cm³/mol. The molecule has 0 heterocycles. The first-order valence-electron chi connectivity index (χ1n) is 5.25. The highest BCUT2D eigenvalue weighted by Crippen LogP contribution is 2.52. The van der Waals surface area contributed by atoms with Crippen LogP contribution in [0.15, 0.2) is 35.3 Å². The van der Waals surface area contributed by atoms with Crippen LogP contribution in [0.1, 0.15) is 19.4 Å². The summed E-state index contributed by atoms with van der Waals surface area (Å²) in [7, 11) is -0.986. The summed E-state index contributed by atoms with van der Waals surface area (Å²) in [5.41, 5.74) is 1.13. The quantitative estimate of drug-likeness (QED) is 0.705. The van der Waals surface area contributed by atoms with Crippen LogP contribution in [0.5, 0.6) is 0 Å². The second kappa shape index (κ2) is 7.97. The molecule has 0 aliphatic rings. The second-order valence-electron chi connectivity index (χ2n) is 2.95. The van der Waals surface area contributed by atoms with Crippen LogP contribution < -0.4 is 0 Å². The zero-order valence-electron chi connectivity index (χ0n) is 9.52. The lowest BCUT2D eigenvalue weighted by Gasteiger charge is -2.18. The minimum absolute atomic E-state index is 0.656. The fourth-order valence-electron chi connectivity index (χ4n) is 1.23. The monoisotopic (exact) mass is 302 g/mol. The molecule has 0 spiro atoms. The van der Waals surface area contributed by atoms with E-state index in [1.165, 1.54) is 0 Å². The van der Waals surface area contributed by atoms with Crippen LogP contribution in [0.3, 0.4) is 0 Å². The summed E-state index contributed by atoms with van der Waals surface area (Å²) in [6.07, 6.45) is 0. The van der Waals surface area contributed by atoms with Gasteiger partial charge in [0, 0.05) is 5.31 Å². The first-order chi connectivity index (χ1) is 7.83. The van der Waals surface area contributed by atoms with Crippen molar-refractivity contribution in [2.75, 3.05) is 13.2 Å². The minimum atomic E-state index is -0.986. The molecule has 1 aromatic rings. The van der Waals surface area contributed by atoms with Gasteiger partial charge in [-0.05, 0) is 24.4 Å². The Morgan fingerprint density at radius 1 is 1.19 bits per heavy atom. The molecule has 0 saturated carbocycles. The molecule has 16 heavy (non-hydrogen) atoms. The highest BCUT2D eigenvalue weighted by atomic mass is 79.9. The first-order valence-corrected chi connectivity index (χ1v) is 7.34. The summed E-state index contributed by atoms with van der Waals surface area (Å²) in [5, 5.41) is 1.07. The third kappa shape index (κ3) is 3.99. The van der Waals surface area contributed by atoms with Gasteiger partial charge in [-0.2, -0.15) is 0 Å². The molecule has 1 rings (SSSR count). The van der Waals surface area contributed by atoms with Gasteiger partial charge in [-0.15, -0.1) is 0 Å². The summed E-state index contributed by atoms with van der Waals surface area (Å²) in [4.78, 5) is 1.89. The third-order valence-electron chi connectivity index (χ3n) is 1.86.